The van der Waals surface area contributed by atoms with Gasteiger partial charge in [-0.05, 0) is 50.6 Å². The fourth-order valence-electron chi connectivity index (χ4n) is 2.04. The highest BCUT2D eigenvalue weighted by Crippen LogP contribution is 2.27. The molecule has 0 fully saturated rings. The lowest BCUT2D eigenvalue weighted by atomic mass is 9.94. The Balaban J connectivity index is 2.07. The average Bonchev–Trinajstić information content (AvgIpc) is 2.93. The number of benzene rings is 1. The van der Waals surface area contributed by atoms with Gasteiger partial charge in [0.05, 0.1) is 15.3 Å². The number of aryl methyl sites for hydroxylation is 1. The number of hydrogen-bond donors (Lipinski definition) is 3. The Kier molecular flexibility index (Phi) is 5.76. The number of carbonyl (C=O) groups is 3. The second-order valence-electron chi connectivity index (χ2n) is 6.46. The van der Waals surface area contributed by atoms with Crippen LogP contribution in [0.3, 0.4) is 0 Å². The molecule has 1 aromatic heterocycles. The number of carboxylic acids is 1. The molecule has 0 aliphatic rings. The van der Waals surface area contributed by atoms with Crippen LogP contribution in [0.4, 0.5) is 9.39 Å². The molecule has 138 valence electrons. The number of carbonyl (C=O) groups excluding carboxylic acids is 2. The number of hydrogen-bond acceptors (Lipinski definition) is 4. The molecule has 2 aromatic rings. The van der Waals surface area contributed by atoms with Crippen molar-refractivity contribution in [2.24, 2.45) is 5.41 Å². The smallest absolute Gasteiger partial charge is 0.310 e. The second kappa shape index (κ2) is 7.65. The number of carboxylic acid groups (broad SMARTS) is 1. The molecule has 0 saturated heterocycles. The molecule has 1 aromatic carbocycles. The fourth-order valence-corrected chi connectivity index (χ4v) is 3.02. The Hall–Kier alpha value is -2.74. The average molecular weight is 378 g/mol. The van der Waals surface area contributed by atoms with Gasteiger partial charge < -0.3 is 15.7 Å². The first-order valence-electron chi connectivity index (χ1n) is 7.79. The van der Waals surface area contributed by atoms with Gasteiger partial charge in [0.15, 0.2) is 0 Å². The normalized spacial score (nSPS) is 11.1. The largest absolute Gasteiger partial charge is 0.481 e. The predicted octanol–water partition coefficient (Wildman–Crippen LogP) is 3.29. The summed E-state index contributed by atoms with van der Waals surface area (Å²) in [7, 11) is 0. The van der Waals surface area contributed by atoms with E-state index < -0.39 is 29.0 Å². The lowest BCUT2D eigenvalue weighted by molar-refractivity contribution is -0.146. The first-order valence-corrected chi connectivity index (χ1v) is 8.61. The van der Waals surface area contributed by atoms with Gasteiger partial charge in [0.25, 0.3) is 11.8 Å². The zero-order valence-corrected chi connectivity index (χ0v) is 15.4. The zero-order valence-electron chi connectivity index (χ0n) is 14.6. The lowest BCUT2D eigenvalue weighted by Crippen LogP contribution is -2.38. The molecule has 0 saturated carbocycles. The SMILES string of the molecule is Cc1cc(NC(=O)c2cccc(F)c2)sc1C(=O)NCC(C)(C)C(=O)O. The quantitative estimate of drug-likeness (QED) is 0.719. The molecule has 3 N–H and O–H groups in total. The first kappa shape index (κ1) is 19.6. The van der Waals surface area contributed by atoms with Crippen LogP contribution in [-0.4, -0.2) is 29.4 Å². The van der Waals surface area contributed by atoms with Crippen LogP contribution in [0, 0.1) is 18.2 Å². The van der Waals surface area contributed by atoms with Crippen molar-refractivity contribution in [3.63, 3.8) is 0 Å². The highest BCUT2D eigenvalue weighted by atomic mass is 32.1. The van der Waals surface area contributed by atoms with E-state index in [0.717, 1.165) is 17.4 Å². The van der Waals surface area contributed by atoms with Crippen molar-refractivity contribution in [3.8, 4) is 0 Å². The van der Waals surface area contributed by atoms with E-state index in [1.54, 1.807) is 13.0 Å². The molecule has 0 atom stereocenters. The molecule has 26 heavy (non-hydrogen) atoms. The highest BCUT2D eigenvalue weighted by Gasteiger charge is 2.28. The monoisotopic (exact) mass is 378 g/mol. The Morgan fingerprint density at radius 1 is 1.19 bits per heavy atom. The van der Waals surface area contributed by atoms with Crippen LogP contribution >= 0.6 is 11.3 Å². The van der Waals surface area contributed by atoms with Crippen LogP contribution in [0.1, 0.15) is 39.4 Å². The van der Waals surface area contributed by atoms with Crippen LogP contribution in [0.15, 0.2) is 30.3 Å². The van der Waals surface area contributed by atoms with Crippen molar-refractivity contribution in [1.29, 1.82) is 0 Å². The summed E-state index contributed by atoms with van der Waals surface area (Å²) in [5, 5.41) is 14.8. The van der Waals surface area contributed by atoms with Crippen molar-refractivity contribution in [3.05, 3.63) is 52.2 Å². The number of rotatable bonds is 6. The Morgan fingerprint density at radius 3 is 2.50 bits per heavy atom. The van der Waals surface area contributed by atoms with Gasteiger partial charge >= 0.3 is 5.97 Å². The maximum absolute atomic E-state index is 13.2. The number of aliphatic carboxylic acids is 1. The van der Waals surface area contributed by atoms with Crippen molar-refractivity contribution in [1.82, 2.24) is 5.32 Å². The minimum atomic E-state index is -1.09. The van der Waals surface area contributed by atoms with E-state index >= 15 is 0 Å². The Bertz CT molecular complexity index is 861. The summed E-state index contributed by atoms with van der Waals surface area (Å²) < 4.78 is 13.2. The molecule has 2 rings (SSSR count). The minimum absolute atomic E-state index is 0.0243. The Labute approximate surface area is 154 Å². The standard InChI is InChI=1S/C18H19FN2O4S/c1-10-7-13(21-15(22)11-5-4-6-12(19)8-11)26-14(10)16(23)20-9-18(2,3)17(24)25/h4-8H,9H2,1-3H3,(H,20,23)(H,21,22)(H,24,25). The fraction of sp³-hybridized carbons (Fsp3) is 0.278. The van der Waals surface area contributed by atoms with Gasteiger partial charge in [0, 0.05) is 12.1 Å². The molecule has 0 aliphatic carbocycles. The van der Waals surface area contributed by atoms with E-state index in [1.807, 2.05) is 0 Å². The number of amides is 2. The molecule has 6 nitrogen and oxygen atoms in total. The third-order valence-electron chi connectivity index (χ3n) is 3.72. The van der Waals surface area contributed by atoms with E-state index in [-0.39, 0.29) is 12.1 Å². The summed E-state index contributed by atoms with van der Waals surface area (Å²) in [6, 6.07) is 6.93. The van der Waals surface area contributed by atoms with Gasteiger partial charge in [-0.3, -0.25) is 14.4 Å². The van der Waals surface area contributed by atoms with E-state index in [2.05, 4.69) is 10.6 Å². The molecule has 0 radical (unpaired) electrons. The van der Waals surface area contributed by atoms with E-state index in [0.29, 0.717) is 15.4 Å². The lowest BCUT2D eigenvalue weighted by Gasteiger charge is -2.19. The van der Waals surface area contributed by atoms with Crippen LogP contribution in [0.2, 0.25) is 0 Å². The highest BCUT2D eigenvalue weighted by molar-refractivity contribution is 7.18. The second-order valence-corrected chi connectivity index (χ2v) is 7.51. The van der Waals surface area contributed by atoms with Crippen molar-refractivity contribution >= 4 is 34.1 Å². The molecular formula is C18H19FN2O4S. The summed E-state index contributed by atoms with van der Waals surface area (Å²) in [5.41, 5.74) is -0.268. The third-order valence-corrected chi connectivity index (χ3v) is 4.87. The molecule has 1 heterocycles. The molecule has 0 spiro atoms. The maximum Gasteiger partial charge on any atom is 0.310 e. The van der Waals surface area contributed by atoms with E-state index in [4.69, 9.17) is 5.11 Å². The molecule has 2 amide bonds. The van der Waals surface area contributed by atoms with Crippen LogP contribution in [0.25, 0.3) is 0 Å². The summed E-state index contributed by atoms with van der Waals surface area (Å²) in [6.07, 6.45) is 0. The minimum Gasteiger partial charge on any atom is -0.481 e. The maximum atomic E-state index is 13.2. The summed E-state index contributed by atoms with van der Waals surface area (Å²) in [5.74, 6) is -2.41. The molecular weight excluding hydrogens is 359 g/mol. The number of halogens is 1. The first-order chi connectivity index (χ1) is 12.1. The summed E-state index contributed by atoms with van der Waals surface area (Å²) >= 11 is 1.07. The summed E-state index contributed by atoms with van der Waals surface area (Å²) in [4.78, 5) is 35.9. The van der Waals surface area contributed by atoms with Gasteiger partial charge in [-0.2, -0.15) is 0 Å². The number of thiophene rings is 1. The summed E-state index contributed by atoms with van der Waals surface area (Å²) in [6.45, 7) is 4.72. The topological polar surface area (TPSA) is 95.5 Å². The number of nitrogens with one attached hydrogen (secondary N) is 2. The number of anilines is 1. The zero-order chi connectivity index (χ0) is 19.5. The van der Waals surface area contributed by atoms with Crippen LogP contribution in [-0.2, 0) is 4.79 Å². The van der Waals surface area contributed by atoms with Gasteiger partial charge in [-0.1, -0.05) is 6.07 Å². The van der Waals surface area contributed by atoms with Crippen molar-refractivity contribution in [2.75, 3.05) is 11.9 Å². The third kappa shape index (κ3) is 4.66. The van der Waals surface area contributed by atoms with E-state index in [9.17, 15) is 18.8 Å². The Morgan fingerprint density at radius 2 is 1.88 bits per heavy atom. The molecule has 0 bridgehead atoms. The van der Waals surface area contributed by atoms with Crippen LogP contribution < -0.4 is 10.6 Å². The van der Waals surface area contributed by atoms with E-state index in [1.165, 1.54) is 32.0 Å². The molecule has 0 aliphatic heterocycles. The predicted molar refractivity (Wildman–Crippen MR) is 97.2 cm³/mol. The van der Waals surface area contributed by atoms with Crippen molar-refractivity contribution < 1.29 is 23.9 Å². The van der Waals surface area contributed by atoms with Gasteiger partial charge in [0.2, 0.25) is 0 Å². The molecule has 0 unspecified atom stereocenters. The van der Waals surface area contributed by atoms with Crippen molar-refractivity contribution in [2.45, 2.75) is 20.8 Å². The van der Waals surface area contributed by atoms with Gasteiger partial charge in [-0.15, -0.1) is 11.3 Å². The van der Waals surface area contributed by atoms with Gasteiger partial charge in [-0.25, -0.2) is 4.39 Å². The molecule has 8 heteroatoms. The van der Waals surface area contributed by atoms with Crippen LogP contribution in [0.5, 0.6) is 0 Å². The van der Waals surface area contributed by atoms with Gasteiger partial charge in [0.1, 0.15) is 5.82 Å².